The summed E-state index contributed by atoms with van der Waals surface area (Å²) in [5, 5.41) is 3.53. The van der Waals surface area contributed by atoms with E-state index >= 15 is 0 Å². The zero-order chi connectivity index (χ0) is 11.7. The number of ether oxygens (including phenoxy) is 1. The number of nitrogen functional groups attached to an aromatic ring is 1. The van der Waals surface area contributed by atoms with Crippen LogP contribution in [0.15, 0.2) is 27.3 Å². The van der Waals surface area contributed by atoms with E-state index in [1.807, 2.05) is 0 Å². The molecule has 0 radical (unpaired) electrons. The van der Waals surface area contributed by atoms with Crippen molar-refractivity contribution in [3.63, 3.8) is 0 Å². The first-order valence-corrected chi connectivity index (χ1v) is 5.16. The molecule has 4 nitrogen and oxygen atoms in total. The van der Waals surface area contributed by atoms with Crippen molar-refractivity contribution in [2.45, 2.75) is 0 Å². The molecular weight excluding hydrogens is 279 g/mol. The van der Waals surface area contributed by atoms with Gasteiger partial charge in [-0.1, -0.05) is 5.16 Å². The summed E-state index contributed by atoms with van der Waals surface area (Å²) in [6, 6.07) is 3.00. The predicted molar refractivity (Wildman–Crippen MR) is 60.6 cm³/mol. The Morgan fingerprint density at radius 3 is 2.75 bits per heavy atom. The van der Waals surface area contributed by atoms with Crippen molar-refractivity contribution in [3.05, 3.63) is 28.6 Å². The number of nitrogens with two attached hydrogens (primary N) is 1. The maximum Gasteiger partial charge on any atom is 0.229 e. The van der Waals surface area contributed by atoms with E-state index in [-0.39, 0.29) is 11.6 Å². The van der Waals surface area contributed by atoms with Gasteiger partial charge in [0, 0.05) is 0 Å². The van der Waals surface area contributed by atoms with Crippen LogP contribution in [0, 0.1) is 5.82 Å². The Balaban J connectivity index is 2.57. The molecule has 2 rings (SSSR count). The second-order valence-corrected chi connectivity index (χ2v) is 3.93. The van der Waals surface area contributed by atoms with E-state index in [0.717, 1.165) is 0 Å². The molecule has 1 aromatic heterocycles. The van der Waals surface area contributed by atoms with Gasteiger partial charge in [-0.2, -0.15) is 0 Å². The SMILES string of the molecule is COc1c(F)cc(-c2cnoc2N)cc1Br. The van der Waals surface area contributed by atoms with Gasteiger partial charge in [-0.15, -0.1) is 0 Å². The van der Waals surface area contributed by atoms with Gasteiger partial charge in [0.05, 0.1) is 23.3 Å². The van der Waals surface area contributed by atoms with Gasteiger partial charge in [-0.25, -0.2) is 4.39 Å². The third-order valence-electron chi connectivity index (χ3n) is 2.11. The molecule has 84 valence electrons. The zero-order valence-electron chi connectivity index (χ0n) is 8.33. The molecule has 2 aromatic rings. The fourth-order valence-corrected chi connectivity index (χ4v) is 1.97. The maximum absolute atomic E-state index is 13.6. The fraction of sp³-hybridized carbons (Fsp3) is 0.100. The molecule has 0 unspecified atom stereocenters. The highest BCUT2D eigenvalue weighted by atomic mass is 79.9. The van der Waals surface area contributed by atoms with Crippen LogP contribution in [0.2, 0.25) is 0 Å². The molecule has 0 saturated heterocycles. The van der Waals surface area contributed by atoms with Crippen LogP contribution in [0.25, 0.3) is 11.1 Å². The van der Waals surface area contributed by atoms with Crippen molar-refractivity contribution in [1.82, 2.24) is 5.16 Å². The molecule has 0 aliphatic rings. The molecule has 0 atom stereocenters. The summed E-state index contributed by atoms with van der Waals surface area (Å²) in [4.78, 5) is 0. The molecule has 0 fully saturated rings. The third-order valence-corrected chi connectivity index (χ3v) is 2.70. The number of methoxy groups -OCH3 is 1. The Bertz CT molecular complexity index is 504. The summed E-state index contributed by atoms with van der Waals surface area (Å²) in [7, 11) is 1.40. The van der Waals surface area contributed by atoms with E-state index in [1.54, 1.807) is 6.07 Å². The molecule has 0 amide bonds. The Morgan fingerprint density at radius 2 is 2.25 bits per heavy atom. The first-order chi connectivity index (χ1) is 7.63. The first kappa shape index (κ1) is 10.9. The highest BCUT2D eigenvalue weighted by Gasteiger charge is 2.14. The van der Waals surface area contributed by atoms with E-state index < -0.39 is 5.82 Å². The van der Waals surface area contributed by atoms with Crippen LogP contribution in [-0.4, -0.2) is 12.3 Å². The molecule has 6 heteroatoms. The van der Waals surface area contributed by atoms with Crippen LogP contribution in [0.5, 0.6) is 5.75 Å². The van der Waals surface area contributed by atoms with Gasteiger partial charge in [-0.05, 0) is 33.6 Å². The quantitative estimate of drug-likeness (QED) is 0.922. The summed E-state index contributed by atoms with van der Waals surface area (Å²) in [6.45, 7) is 0. The summed E-state index contributed by atoms with van der Waals surface area (Å²) in [5.41, 5.74) is 6.66. The highest BCUT2D eigenvalue weighted by molar-refractivity contribution is 9.10. The summed E-state index contributed by atoms with van der Waals surface area (Å²) < 4.78 is 23.7. The van der Waals surface area contributed by atoms with E-state index in [9.17, 15) is 4.39 Å². The summed E-state index contributed by atoms with van der Waals surface area (Å²) in [6.07, 6.45) is 1.43. The minimum absolute atomic E-state index is 0.150. The van der Waals surface area contributed by atoms with Gasteiger partial charge < -0.3 is 15.0 Å². The standard InChI is InChI=1S/C10H8BrFN2O2/c1-15-9-7(11)2-5(3-8(9)12)6-4-14-16-10(6)13/h2-4H,13H2,1H3. The lowest BCUT2D eigenvalue weighted by Crippen LogP contribution is -1.91. The Hall–Kier alpha value is -1.56. The van der Waals surface area contributed by atoms with Crippen molar-refractivity contribution in [3.8, 4) is 16.9 Å². The molecule has 1 aromatic carbocycles. The van der Waals surface area contributed by atoms with Crippen LogP contribution in [0.4, 0.5) is 10.3 Å². The minimum atomic E-state index is -0.479. The van der Waals surface area contributed by atoms with Crippen molar-refractivity contribution < 1.29 is 13.7 Å². The summed E-state index contributed by atoms with van der Waals surface area (Å²) >= 11 is 3.21. The normalized spacial score (nSPS) is 10.4. The number of hydrogen-bond donors (Lipinski definition) is 1. The van der Waals surface area contributed by atoms with Crippen LogP contribution >= 0.6 is 15.9 Å². The maximum atomic E-state index is 13.6. The monoisotopic (exact) mass is 286 g/mol. The van der Waals surface area contributed by atoms with Gasteiger partial charge in [0.1, 0.15) is 0 Å². The van der Waals surface area contributed by atoms with E-state index in [2.05, 4.69) is 21.1 Å². The van der Waals surface area contributed by atoms with Crippen molar-refractivity contribution in [2.24, 2.45) is 0 Å². The molecule has 1 heterocycles. The predicted octanol–water partition coefficient (Wildman–Crippen LogP) is 2.83. The second-order valence-electron chi connectivity index (χ2n) is 3.08. The molecule has 0 saturated carbocycles. The Labute approximate surface area is 99.3 Å². The molecule has 0 spiro atoms. The second kappa shape index (κ2) is 4.13. The molecule has 2 N–H and O–H groups in total. The van der Waals surface area contributed by atoms with Gasteiger partial charge in [-0.3, -0.25) is 0 Å². The van der Waals surface area contributed by atoms with Crippen LogP contribution in [-0.2, 0) is 0 Å². The fourth-order valence-electron chi connectivity index (χ4n) is 1.38. The highest BCUT2D eigenvalue weighted by Crippen LogP contribution is 2.35. The Morgan fingerprint density at radius 1 is 1.50 bits per heavy atom. The average Bonchev–Trinajstić information content (AvgIpc) is 2.64. The van der Waals surface area contributed by atoms with Crippen LogP contribution in [0.3, 0.4) is 0 Å². The average molecular weight is 287 g/mol. The van der Waals surface area contributed by atoms with Gasteiger partial charge in [0.15, 0.2) is 11.6 Å². The van der Waals surface area contributed by atoms with Crippen molar-refractivity contribution >= 4 is 21.8 Å². The number of halogens is 2. The van der Waals surface area contributed by atoms with E-state index in [1.165, 1.54) is 19.4 Å². The molecule has 0 aliphatic heterocycles. The molecule has 0 aliphatic carbocycles. The third kappa shape index (κ3) is 1.76. The lowest BCUT2D eigenvalue weighted by Gasteiger charge is -2.06. The first-order valence-electron chi connectivity index (χ1n) is 4.37. The van der Waals surface area contributed by atoms with Gasteiger partial charge in [0.25, 0.3) is 0 Å². The topological polar surface area (TPSA) is 61.3 Å². The smallest absolute Gasteiger partial charge is 0.229 e. The zero-order valence-corrected chi connectivity index (χ0v) is 9.92. The van der Waals surface area contributed by atoms with Crippen molar-refractivity contribution in [2.75, 3.05) is 12.8 Å². The van der Waals surface area contributed by atoms with Crippen molar-refractivity contribution in [1.29, 1.82) is 0 Å². The number of hydrogen-bond acceptors (Lipinski definition) is 4. The van der Waals surface area contributed by atoms with E-state index in [0.29, 0.717) is 15.6 Å². The van der Waals surface area contributed by atoms with Crippen LogP contribution in [0.1, 0.15) is 0 Å². The Kier molecular flexibility index (Phi) is 2.82. The largest absolute Gasteiger partial charge is 0.492 e. The molecule has 0 bridgehead atoms. The molecule has 16 heavy (non-hydrogen) atoms. The summed E-state index contributed by atoms with van der Waals surface area (Å²) in [5.74, 6) is -0.178. The number of anilines is 1. The lowest BCUT2D eigenvalue weighted by atomic mass is 10.1. The number of nitrogens with zero attached hydrogens (tertiary/aromatic N) is 1. The lowest BCUT2D eigenvalue weighted by molar-refractivity contribution is 0.384. The number of benzene rings is 1. The van der Waals surface area contributed by atoms with E-state index in [4.69, 9.17) is 15.0 Å². The molecular formula is C10H8BrFN2O2. The number of aromatic nitrogens is 1. The minimum Gasteiger partial charge on any atom is -0.492 e. The van der Waals surface area contributed by atoms with Crippen LogP contribution < -0.4 is 10.5 Å². The van der Waals surface area contributed by atoms with Gasteiger partial charge >= 0.3 is 0 Å². The number of rotatable bonds is 2. The van der Waals surface area contributed by atoms with Gasteiger partial charge in [0.2, 0.25) is 5.88 Å².